The van der Waals surface area contributed by atoms with Crippen LogP contribution in [0.5, 0.6) is 5.75 Å². The van der Waals surface area contributed by atoms with Gasteiger partial charge in [0.05, 0.1) is 4.90 Å². The highest BCUT2D eigenvalue weighted by Crippen LogP contribution is 2.17. The zero-order chi connectivity index (χ0) is 18.4. The van der Waals surface area contributed by atoms with Crippen LogP contribution in [0.15, 0.2) is 57.8 Å². The van der Waals surface area contributed by atoms with Crippen LogP contribution in [-0.4, -0.2) is 26.9 Å². The van der Waals surface area contributed by atoms with E-state index in [9.17, 15) is 13.2 Å². The van der Waals surface area contributed by atoms with Gasteiger partial charge in [0.15, 0.2) is 6.61 Å². The number of nitrogens with two attached hydrogens (primary N) is 2. The summed E-state index contributed by atoms with van der Waals surface area (Å²) in [6.07, 6.45) is 0. The highest BCUT2D eigenvalue weighted by Gasteiger charge is 2.13. The molecule has 5 N–H and O–H groups in total. The minimum atomic E-state index is -3.96. The number of ether oxygens (including phenoxy) is 1. The number of amides is 1. The van der Waals surface area contributed by atoms with Crippen LogP contribution >= 0.6 is 11.6 Å². The second-order valence-electron chi connectivity index (χ2n) is 4.81. The third-order valence-electron chi connectivity index (χ3n) is 2.85. The third kappa shape index (κ3) is 5.66. The van der Waals surface area contributed by atoms with E-state index in [1.165, 1.54) is 24.3 Å². The predicted molar refractivity (Wildman–Crippen MR) is 95.0 cm³/mol. The summed E-state index contributed by atoms with van der Waals surface area (Å²) in [5, 5.41) is 3.14. The molecule has 0 radical (unpaired) electrons. The van der Waals surface area contributed by atoms with Gasteiger partial charge in [-0.15, -0.1) is 4.40 Å². The van der Waals surface area contributed by atoms with E-state index in [2.05, 4.69) is 9.71 Å². The van der Waals surface area contributed by atoms with Crippen LogP contribution in [0.1, 0.15) is 0 Å². The lowest BCUT2D eigenvalue weighted by Gasteiger charge is -2.08. The Morgan fingerprint density at radius 3 is 2.24 bits per heavy atom. The molecule has 0 heterocycles. The molecule has 10 heteroatoms. The average molecular weight is 383 g/mol. The Morgan fingerprint density at radius 1 is 1.08 bits per heavy atom. The van der Waals surface area contributed by atoms with Gasteiger partial charge in [-0.1, -0.05) is 11.6 Å². The number of nitrogens with one attached hydrogen (secondary N) is 1. The van der Waals surface area contributed by atoms with E-state index in [0.717, 1.165) is 0 Å². The molecular weight excluding hydrogens is 368 g/mol. The van der Waals surface area contributed by atoms with Gasteiger partial charge in [-0.3, -0.25) is 4.79 Å². The number of halogens is 1. The molecule has 2 aromatic rings. The van der Waals surface area contributed by atoms with Crippen molar-refractivity contribution in [2.45, 2.75) is 4.90 Å². The Balaban J connectivity index is 1.95. The Morgan fingerprint density at radius 2 is 1.68 bits per heavy atom. The van der Waals surface area contributed by atoms with E-state index in [0.29, 0.717) is 16.5 Å². The number of rotatable bonds is 6. The first-order valence-electron chi connectivity index (χ1n) is 6.90. The molecule has 0 bridgehead atoms. The number of anilines is 1. The van der Waals surface area contributed by atoms with Crippen molar-refractivity contribution in [3.8, 4) is 5.75 Å². The summed E-state index contributed by atoms with van der Waals surface area (Å²) in [4.78, 5) is 11.7. The van der Waals surface area contributed by atoms with E-state index in [1.807, 2.05) is 0 Å². The molecule has 0 aliphatic rings. The summed E-state index contributed by atoms with van der Waals surface area (Å²) in [7, 11) is -3.96. The van der Waals surface area contributed by atoms with Crippen LogP contribution in [0.25, 0.3) is 0 Å². The lowest BCUT2D eigenvalue weighted by atomic mass is 10.3. The smallest absolute Gasteiger partial charge is 0.285 e. The Kier molecular flexibility index (Phi) is 5.84. The number of nitrogens with zero attached hydrogens (tertiary/aromatic N) is 1. The highest BCUT2D eigenvalue weighted by atomic mass is 35.5. The van der Waals surface area contributed by atoms with Crippen LogP contribution < -0.4 is 21.5 Å². The molecule has 0 aliphatic heterocycles. The lowest BCUT2D eigenvalue weighted by molar-refractivity contribution is -0.118. The first kappa shape index (κ1) is 18.6. The van der Waals surface area contributed by atoms with Crippen molar-refractivity contribution < 1.29 is 17.9 Å². The van der Waals surface area contributed by atoms with E-state index < -0.39 is 21.9 Å². The molecule has 0 atom stereocenters. The Bertz CT molecular complexity index is 877. The van der Waals surface area contributed by atoms with E-state index >= 15 is 0 Å². The number of sulfonamides is 1. The fraction of sp³-hybridized carbons (Fsp3) is 0.0667. The number of hydrogen-bond acceptors (Lipinski definition) is 4. The third-order valence-corrected chi connectivity index (χ3v) is 4.42. The van der Waals surface area contributed by atoms with Crippen molar-refractivity contribution >= 4 is 39.2 Å². The molecule has 132 valence electrons. The molecule has 0 saturated heterocycles. The number of hydrogen-bond donors (Lipinski definition) is 3. The number of guanidine groups is 1. The Hall–Kier alpha value is -2.78. The van der Waals surface area contributed by atoms with Crippen LogP contribution in [0.2, 0.25) is 5.02 Å². The van der Waals surface area contributed by atoms with Crippen molar-refractivity contribution in [1.29, 1.82) is 0 Å². The number of carbonyl (C=O) groups excluding carboxylic acids is 1. The summed E-state index contributed by atoms with van der Waals surface area (Å²) in [5.74, 6) is -0.468. The molecule has 0 fully saturated rings. The standard InChI is InChI=1S/C15H15ClN4O4S/c16-10-1-5-12(6-2-10)24-9-14(21)19-11-3-7-13(8-4-11)25(22,23)20-15(17)18/h1-8H,9H2,(H,19,21)(H4,17,18,20). The van der Waals surface area contributed by atoms with Crippen LogP contribution in [0.4, 0.5) is 5.69 Å². The van der Waals surface area contributed by atoms with Crippen molar-refractivity contribution in [2.75, 3.05) is 11.9 Å². The molecule has 1 amide bonds. The van der Waals surface area contributed by atoms with Crippen molar-refractivity contribution in [1.82, 2.24) is 0 Å². The van der Waals surface area contributed by atoms with Crippen molar-refractivity contribution in [3.63, 3.8) is 0 Å². The maximum absolute atomic E-state index is 11.8. The van der Waals surface area contributed by atoms with Gasteiger partial charge < -0.3 is 21.5 Å². The molecule has 2 rings (SSSR count). The molecule has 0 saturated carbocycles. The first-order valence-corrected chi connectivity index (χ1v) is 8.72. The van der Waals surface area contributed by atoms with Gasteiger partial charge in [-0.25, -0.2) is 0 Å². The van der Waals surface area contributed by atoms with Gasteiger partial charge >= 0.3 is 0 Å². The quantitative estimate of drug-likeness (QED) is 0.509. The molecule has 25 heavy (non-hydrogen) atoms. The number of carbonyl (C=O) groups is 1. The van der Waals surface area contributed by atoms with E-state index in [1.54, 1.807) is 24.3 Å². The Labute approximate surface area is 149 Å². The fourth-order valence-electron chi connectivity index (χ4n) is 1.78. The molecule has 0 unspecified atom stereocenters. The van der Waals surface area contributed by atoms with Gasteiger partial charge in [0.2, 0.25) is 5.96 Å². The minimum absolute atomic E-state index is 0.101. The van der Waals surface area contributed by atoms with Gasteiger partial charge in [0.25, 0.3) is 15.9 Å². The molecular formula is C15H15ClN4O4S. The second kappa shape index (κ2) is 7.86. The summed E-state index contributed by atoms with van der Waals surface area (Å²) in [5.41, 5.74) is 10.5. The van der Waals surface area contributed by atoms with E-state index in [4.69, 9.17) is 27.8 Å². The van der Waals surface area contributed by atoms with E-state index in [-0.39, 0.29) is 11.5 Å². The molecule has 8 nitrogen and oxygen atoms in total. The van der Waals surface area contributed by atoms with Gasteiger partial charge in [-0.05, 0) is 48.5 Å². The van der Waals surface area contributed by atoms with Gasteiger partial charge in [0, 0.05) is 10.7 Å². The van der Waals surface area contributed by atoms with Gasteiger partial charge in [0.1, 0.15) is 5.75 Å². The minimum Gasteiger partial charge on any atom is -0.484 e. The molecule has 2 aromatic carbocycles. The fourth-order valence-corrected chi connectivity index (χ4v) is 2.77. The maximum atomic E-state index is 11.8. The second-order valence-corrected chi connectivity index (χ2v) is 6.85. The highest BCUT2D eigenvalue weighted by molar-refractivity contribution is 7.90. The van der Waals surface area contributed by atoms with Gasteiger partial charge in [-0.2, -0.15) is 8.42 Å². The molecule has 0 spiro atoms. The lowest BCUT2D eigenvalue weighted by Crippen LogP contribution is -2.24. The van der Waals surface area contributed by atoms with Crippen molar-refractivity contribution in [2.24, 2.45) is 15.9 Å². The van der Waals surface area contributed by atoms with Crippen molar-refractivity contribution in [3.05, 3.63) is 53.6 Å². The SMILES string of the molecule is NC(N)=NS(=O)(=O)c1ccc(NC(=O)COc2ccc(Cl)cc2)cc1. The topological polar surface area (TPSA) is 137 Å². The predicted octanol–water partition coefficient (Wildman–Crippen LogP) is 1.32. The van der Waals surface area contributed by atoms with Crippen LogP contribution in [0, 0.1) is 0 Å². The largest absolute Gasteiger partial charge is 0.484 e. The summed E-state index contributed by atoms with van der Waals surface area (Å²) >= 11 is 5.75. The zero-order valence-corrected chi connectivity index (χ0v) is 14.4. The molecule has 0 aliphatic carbocycles. The summed E-state index contributed by atoms with van der Waals surface area (Å²) < 4.78 is 32.1. The maximum Gasteiger partial charge on any atom is 0.285 e. The summed E-state index contributed by atoms with van der Waals surface area (Å²) in [6.45, 7) is -0.213. The van der Waals surface area contributed by atoms with Crippen LogP contribution in [-0.2, 0) is 14.8 Å². The van der Waals surface area contributed by atoms with Crippen LogP contribution in [0.3, 0.4) is 0 Å². The molecule has 0 aromatic heterocycles. The first-order chi connectivity index (χ1) is 11.8. The summed E-state index contributed by atoms with van der Waals surface area (Å²) in [6, 6.07) is 11.9. The monoisotopic (exact) mass is 382 g/mol. The number of benzene rings is 2. The average Bonchev–Trinajstić information content (AvgIpc) is 2.54. The normalized spacial score (nSPS) is 10.8. The zero-order valence-electron chi connectivity index (χ0n) is 12.8.